The van der Waals surface area contributed by atoms with E-state index in [-0.39, 0.29) is 24.8 Å². The first-order valence-electron chi connectivity index (χ1n) is 8.15. The van der Waals surface area contributed by atoms with Crippen LogP contribution in [-0.2, 0) is 16.1 Å². The summed E-state index contributed by atoms with van der Waals surface area (Å²) < 4.78 is 5.28. The molecule has 1 aliphatic rings. The van der Waals surface area contributed by atoms with Gasteiger partial charge >= 0.3 is 0 Å². The lowest BCUT2D eigenvalue weighted by atomic mass is 10.1. The van der Waals surface area contributed by atoms with Crippen molar-refractivity contribution in [3.05, 3.63) is 58.1 Å². The second-order valence-corrected chi connectivity index (χ2v) is 6.82. The number of amides is 2. The van der Waals surface area contributed by atoms with E-state index in [1.807, 2.05) is 24.3 Å². The van der Waals surface area contributed by atoms with Gasteiger partial charge in [0.05, 0.1) is 28.8 Å². The van der Waals surface area contributed by atoms with Gasteiger partial charge in [-0.15, -0.1) is 0 Å². The Morgan fingerprint density at radius 3 is 2.58 bits per heavy atom. The molecule has 136 valence electrons. The molecule has 0 spiro atoms. The first-order chi connectivity index (χ1) is 12.5. The molecule has 5 nitrogen and oxygen atoms in total. The molecule has 1 fully saturated rings. The highest BCUT2D eigenvalue weighted by atomic mass is 35.5. The largest absolute Gasteiger partial charge is 0.496 e. The Hall–Kier alpha value is -2.24. The number of ether oxygens (including phenoxy) is 1. The molecule has 1 heterocycles. The van der Waals surface area contributed by atoms with Crippen LogP contribution in [0.25, 0.3) is 0 Å². The van der Waals surface area contributed by atoms with Crippen molar-refractivity contribution < 1.29 is 14.3 Å². The molecule has 0 radical (unpaired) electrons. The maximum absolute atomic E-state index is 12.5. The maximum Gasteiger partial charge on any atom is 0.227 e. The zero-order valence-corrected chi connectivity index (χ0v) is 15.7. The van der Waals surface area contributed by atoms with Gasteiger partial charge < -0.3 is 15.0 Å². The fourth-order valence-corrected chi connectivity index (χ4v) is 3.62. The summed E-state index contributed by atoms with van der Waals surface area (Å²) >= 11 is 12.4. The topological polar surface area (TPSA) is 58.6 Å². The molecular formula is C19H18Cl2N2O3. The number of benzene rings is 2. The highest BCUT2D eigenvalue weighted by Gasteiger charge is 2.36. The van der Waals surface area contributed by atoms with Crippen molar-refractivity contribution in [1.82, 2.24) is 5.32 Å². The summed E-state index contributed by atoms with van der Waals surface area (Å²) in [5.41, 5.74) is 1.33. The first kappa shape index (κ1) is 18.5. The number of nitrogens with zero attached hydrogens (tertiary/aromatic N) is 1. The number of hydrogen-bond donors (Lipinski definition) is 1. The standard InChI is InChI=1S/C19H18Cl2N2O3/c1-26-16-8-3-2-5-12(16)10-22-19(25)13-9-17(24)23(11-13)18-14(20)6-4-7-15(18)21/h2-8,13H,9-11H2,1H3,(H,22,25). The molecular weight excluding hydrogens is 375 g/mol. The minimum Gasteiger partial charge on any atom is -0.496 e. The normalized spacial score (nSPS) is 16.7. The van der Waals surface area contributed by atoms with Crippen molar-refractivity contribution in [3.8, 4) is 5.75 Å². The van der Waals surface area contributed by atoms with Gasteiger partial charge in [-0.3, -0.25) is 9.59 Å². The third kappa shape index (κ3) is 3.79. The molecule has 2 amide bonds. The fourth-order valence-electron chi connectivity index (χ4n) is 3.02. The number of carbonyl (C=O) groups excluding carboxylic acids is 2. The van der Waals surface area contributed by atoms with Gasteiger partial charge in [0.15, 0.2) is 0 Å². The lowest BCUT2D eigenvalue weighted by Gasteiger charge is -2.19. The lowest BCUT2D eigenvalue weighted by molar-refractivity contribution is -0.126. The molecule has 1 unspecified atom stereocenters. The van der Waals surface area contributed by atoms with Crippen LogP contribution in [-0.4, -0.2) is 25.5 Å². The summed E-state index contributed by atoms with van der Waals surface area (Å²) in [7, 11) is 1.58. The van der Waals surface area contributed by atoms with Gasteiger partial charge in [0.1, 0.15) is 5.75 Å². The number of nitrogens with one attached hydrogen (secondary N) is 1. The van der Waals surface area contributed by atoms with Gasteiger partial charge in [-0.25, -0.2) is 0 Å². The van der Waals surface area contributed by atoms with Crippen molar-refractivity contribution in [3.63, 3.8) is 0 Å². The van der Waals surface area contributed by atoms with Crippen molar-refractivity contribution in [2.45, 2.75) is 13.0 Å². The first-order valence-corrected chi connectivity index (χ1v) is 8.91. The number of halogens is 2. The molecule has 2 aromatic rings. The number of carbonyl (C=O) groups is 2. The predicted octanol–water partition coefficient (Wildman–Crippen LogP) is 3.67. The number of rotatable bonds is 5. The van der Waals surface area contributed by atoms with Crippen LogP contribution in [0, 0.1) is 5.92 Å². The van der Waals surface area contributed by atoms with Crippen LogP contribution >= 0.6 is 23.2 Å². The zero-order valence-electron chi connectivity index (χ0n) is 14.2. The van der Waals surface area contributed by atoms with Gasteiger partial charge in [-0.1, -0.05) is 47.5 Å². The average Bonchev–Trinajstić information content (AvgIpc) is 3.01. The Kier molecular flexibility index (Phi) is 5.69. The number of methoxy groups -OCH3 is 1. The maximum atomic E-state index is 12.5. The summed E-state index contributed by atoms with van der Waals surface area (Å²) in [5.74, 6) is -0.100. The third-order valence-corrected chi connectivity index (χ3v) is 4.96. The molecule has 2 aromatic carbocycles. The van der Waals surface area contributed by atoms with Crippen LogP contribution in [0.4, 0.5) is 5.69 Å². The molecule has 1 aliphatic heterocycles. The van der Waals surface area contributed by atoms with Crippen LogP contribution in [0.1, 0.15) is 12.0 Å². The Labute approximate surface area is 161 Å². The Morgan fingerprint density at radius 1 is 1.19 bits per heavy atom. The third-order valence-electron chi connectivity index (χ3n) is 4.35. The zero-order chi connectivity index (χ0) is 18.7. The van der Waals surface area contributed by atoms with E-state index in [0.29, 0.717) is 28.0 Å². The monoisotopic (exact) mass is 392 g/mol. The van der Waals surface area contributed by atoms with E-state index in [1.54, 1.807) is 25.3 Å². The van der Waals surface area contributed by atoms with E-state index in [1.165, 1.54) is 4.90 Å². The summed E-state index contributed by atoms with van der Waals surface area (Å²) in [6, 6.07) is 12.5. The summed E-state index contributed by atoms with van der Waals surface area (Å²) in [4.78, 5) is 26.4. The summed E-state index contributed by atoms with van der Waals surface area (Å²) in [5, 5.41) is 3.65. The second kappa shape index (κ2) is 7.98. The summed E-state index contributed by atoms with van der Waals surface area (Å²) in [6.07, 6.45) is 0.124. The SMILES string of the molecule is COc1ccccc1CNC(=O)C1CC(=O)N(c2c(Cl)cccc2Cl)C1. The Balaban J connectivity index is 1.68. The molecule has 0 saturated carbocycles. The lowest BCUT2D eigenvalue weighted by Crippen LogP contribution is -2.32. The predicted molar refractivity (Wildman–Crippen MR) is 102 cm³/mol. The number of hydrogen-bond acceptors (Lipinski definition) is 3. The van der Waals surface area contributed by atoms with Crippen LogP contribution < -0.4 is 15.0 Å². The Morgan fingerprint density at radius 2 is 1.88 bits per heavy atom. The van der Waals surface area contributed by atoms with Crippen molar-refractivity contribution >= 4 is 40.7 Å². The fraction of sp³-hybridized carbons (Fsp3) is 0.263. The van der Waals surface area contributed by atoms with Crippen LogP contribution in [0.2, 0.25) is 10.0 Å². The second-order valence-electron chi connectivity index (χ2n) is 6.01. The molecule has 7 heteroatoms. The summed E-state index contributed by atoms with van der Waals surface area (Å²) in [6.45, 7) is 0.584. The van der Waals surface area contributed by atoms with Gasteiger partial charge in [0.25, 0.3) is 0 Å². The van der Waals surface area contributed by atoms with Crippen LogP contribution in [0.15, 0.2) is 42.5 Å². The van der Waals surface area contributed by atoms with Crippen molar-refractivity contribution in [2.24, 2.45) is 5.92 Å². The van der Waals surface area contributed by atoms with E-state index >= 15 is 0 Å². The van der Waals surface area contributed by atoms with E-state index in [9.17, 15) is 9.59 Å². The van der Waals surface area contributed by atoms with E-state index in [2.05, 4.69) is 5.32 Å². The highest BCUT2D eigenvalue weighted by molar-refractivity contribution is 6.40. The minimum absolute atomic E-state index is 0.124. The quantitative estimate of drug-likeness (QED) is 0.844. The molecule has 1 N–H and O–H groups in total. The Bertz CT molecular complexity index is 821. The molecule has 0 aliphatic carbocycles. The van der Waals surface area contributed by atoms with Crippen LogP contribution in [0.5, 0.6) is 5.75 Å². The van der Waals surface area contributed by atoms with E-state index in [4.69, 9.17) is 27.9 Å². The van der Waals surface area contributed by atoms with Gasteiger partial charge in [0, 0.05) is 25.1 Å². The number of anilines is 1. The molecule has 0 bridgehead atoms. The van der Waals surface area contributed by atoms with Gasteiger partial charge in [-0.2, -0.15) is 0 Å². The molecule has 1 atom stereocenters. The highest BCUT2D eigenvalue weighted by Crippen LogP contribution is 2.37. The smallest absolute Gasteiger partial charge is 0.227 e. The molecule has 3 rings (SSSR count). The molecule has 26 heavy (non-hydrogen) atoms. The van der Waals surface area contributed by atoms with Crippen molar-refractivity contribution in [2.75, 3.05) is 18.6 Å². The number of para-hydroxylation sites is 2. The van der Waals surface area contributed by atoms with Gasteiger partial charge in [-0.05, 0) is 18.2 Å². The molecule has 0 aromatic heterocycles. The van der Waals surface area contributed by atoms with E-state index < -0.39 is 5.92 Å². The minimum atomic E-state index is -0.454. The average molecular weight is 393 g/mol. The van der Waals surface area contributed by atoms with E-state index in [0.717, 1.165) is 5.56 Å². The molecule has 1 saturated heterocycles. The van der Waals surface area contributed by atoms with Crippen molar-refractivity contribution in [1.29, 1.82) is 0 Å². The van der Waals surface area contributed by atoms with Crippen LogP contribution in [0.3, 0.4) is 0 Å². The van der Waals surface area contributed by atoms with Gasteiger partial charge in [0.2, 0.25) is 11.8 Å².